The molecule has 3 N–H and O–H groups in total. The molecule has 1 aliphatic heterocycles. The number of hydrogen-bond donors (Lipinski definition) is 3. The van der Waals surface area contributed by atoms with E-state index in [1.165, 1.54) is 17.7 Å². The van der Waals surface area contributed by atoms with Crippen LogP contribution in [0.2, 0.25) is 5.02 Å². The maximum absolute atomic E-state index is 14.8. The van der Waals surface area contributed by atoms with E-state index in [4.69, 9.17) is 11.6 Å². The summed E-state index contributed by atoms with van der Waals surface area (Å²) in [5, 5.41) is 33.5. The molecule has 0 radical (unpaired) electrons. The molecule has 0 amide bonds. The second kappa shape index (κ2) is 12.9. The van der Waals surface area contributed by atoms with E-state index in [2.05, 4.69) is 24.8 Å². The van der Waals surface area contributed by atoms with Crippen molar-refractivity contribution in [2.45, 2.75) is 102 Å². The predicted molar refractivity (Wildman–Crippen MR) is 165 cm³/mol. The van der Waals surface area contributed by atoms with Gasteiger partial charge in [-0.15, -0.1) is 0 Å². The molecule has 42 heavy (non-hydrogen) atoms. The number of halogens is 2. The highest BCUT2D eigenvalue weighted by Gasteiger charge is 2.57. The number of nitrogens with zero attached hydrogens (tertiary/aromatic N) is 1. The number of carbonyl (C=O) groups is 1. The molecule has 228 valence electrons. The van der Waals surface area contributed by atoms with E-state index in [1.807, 2.05) is 18.2 Å². The molecule has 2 fully saturated rings. The molecule has 1 saturated carbocycles. The second-order valence-corrected chi connectivity index (χ2v) is 13.6. The standard InChI is InChI=1S/C35H45ClFNO4/c1-23-6-4-15-34(2)30(14-16-35(34,42)22-38-17-5-7-25(38)21-39)27-13-11-24(18-26(40)12-10-23)19-28(27)33(41)20-29-31(36)8-3-9-32(29)37/h3,6,8-9,11,13,19,25-26,30,39-40,42H,4-5,7,10,12,14-18,20-22H2,1-2H3/t25-,26-,30-,34-,35+/m0/s1. The highest BCUT2D eigenvalue weighted by atomic mass is 35.5. The Hall–Kier alpha value is -2.09. The van der Waals surface area contributed by atoms with Gasteiger partial charge in [0.1, 0.15) is 5.82 Å². The van der Waals surface area contributed by atoms with Gasteiger partial charge in [-0.1, -0.05) is 48.4 Å². The molecule has 6 rings (SSSR count). The highest BCUT2D eigenvalue weighted by molar-refractivity contribution is 6.31. The predicted octanol–water partition coefficient (Wildman–Crippen LogP) is 6.40. The average molecular weight is 598 g/mol. The Kier molecular flexibility index (Phi) is 9.60. The van der Waals surface area contributed by atoms with Gasteiger partial charge in [0, 0.05) is 40.6 Å². The summed E-state index contributed by atoms with van der Waals surface area (Å²) in [4.78, 5) is 16.3. The lowest BCUT2D eigenvalue weighted by Crippen LogP contribution is -2.53. The third-order valence-corrected chi connectivity index (χ3v) is 10.9. The largest absolute Gasteiger partial charge is 0.395 e. The topological polar surface area (TPSA) is 81.0 Å². The Bertz CT molecular complexity index is 1310. The van der Waals surface area contributed by atoms with E-state index in [0.717, 1.165) is 56.2 Å². The fourth-order valence-electron chi connectivity index (χ4n) is 7.84. The van der Waals surface area contributed by atoms with Gasteiger partial charge in [-0.05, 0) is 106 Å². The van der Waals surface area contributed by atoms with Gasteiger partial charge in [0.05, 0.1) is 18.3 Å². The van der Waals surface area contributed by atoms with Crippen LogP contribution in [0.3, 0.4) is 0 Å². The van der Waals surface area contributed by atoms with E-state index in [0.29, 0.717) is 31.4 Å². The summed E-state index contributed by atoms with van der Waals surface area (Å²) in [6.07, 6.45) is 8.15. The lowest BCUT2D eigenvalue weighted by Gasteiger charge is -2.46. The molecule has 0 aromatic heterocycles. The summed E-state index contributed by atoms with van der Waals surface area (Å²) in [5.41, 5.74) is 2.15. The van der Waals surface area contributed by atoms with E-state index >= 15 is 0 Å². The number of aliphatic hydroxyl groups excluding tert-OH is 2. The summed E-state index contributed by atoms with van der Waals surface area (Å²) < 4.78 is 14.8. The van der Waals surface area contributed by atoms with Crippen molar-refractivity contribution in [3.05, 3.63) is 81.1 Å². The van der Waals surface area contributed by atoms with Crippen molar-refractivity contribution in [3.63, 3.8) is 0 Å². The lowest BCUT2D eigenvalue weighted by atomic mass is 9.64. The monoisotopic (exact) mass is 597 g/mol. The number of fused-ring (bicyclic) bond motifs is 8. The van der Waals surface area contributed by atoms with E-state index in [-0.39, 0.29) is 41.4 Å². The molecule has 3 aliphatic carbocycles. The Labute approximate surface area is 254 Å². The molecule has 5 nitrogen and oxygen atoms in total. The third kappa shape index (κ3) is 6.25. The van der Waals surface area contributed by atoms with Crippen molar-refractivity contribution in [3.8, 4) is 0 Å². The first-order valence-corrected chi connectivity index (χ1v) is 15.9. The van der Waals surface area contributed by atoms with Crippen LogP contribution in [0.25, 0.3) is 0 Å². The third-order valence-electron chi connectivity index (χ3n) is 10.5. The molecule has 1 heterocycles. The molecule has 2 aromatic rings. The molecule has 0 unspecified atom stereocenters. The maximum atomic E-state index is 14.8. The molecule has 1 saturated heterocycles. The van der Waals surface area contributed by atoms with Gasteiger partial charge in [-0.2, -0.15) is 0 Å². The van der Waals surface area contributed by atoms with Crippen molar-refractivity contribution >= 4 is 17.4 Å². The van der Waals surface area contributed by atoms with Crippen molar-refractivity contribution < 1.29 is 24.5 Å². The van der Waals surface area contributed by atoms with E-state index in [9.17, 15) is 24.5 Å². The zero-order valence-electron chi connectivity index (χ0n) is 24.9. The van der Waals surface area contributed by atoms with Gasteiger partial charge in [0.2, 0.25) is 0 Å². The minimum Gasteiger partial charge on any atom is -0.395 e. The minimum absolute atomic E-state index is 0.0608. The van der Waals surface area contributed by atoms with Gasteiger partial charge in [0.25, 0.3) is 0 Å². The Morgan fingerprint density at radius 2 is 1.98 bits per heavy atom. The van der Waals surface area contributed by atoms with Crippen LogP contribution >= 0.6 is 11.6 Å². The van der Waals surface area contributed by atoms with Crippen LogP contribution in [0.1, 0.15) is 98.2 Å². The van der Waals surface area contributed by atoms with Gasteiger partial charge >= 0.3 is 0 Å². The summed E-state index contributed by atoms with van der Waals surface area (Å²) in [6, 6.07) is 10.4. The summed E-state index contributed by atoms with van der Waals surface area (Å²) in [5.74, 6) is -0.811. The number of aliphatic hydroxyl groups is 3. The molecular weight excluding hydrogens is 553 g/mol. The van der Waals surface area contributed by atoms with Crippen molar-refractivity contribution in [2.75, 3.05) is 19.7 Å². The van der Waals surface area contributed by atoms with Crippen LogP contribution in [0.5, 0.6) is 0 Å². The normalized spacial score (nSPS) is 30.6. The molecule has 0 spiro atoms. The fourth-order valence-corrected chi connectivity index (χ4v) is 8.07. The number of carbonyl (C=O) groups excluding carboxylic acids is 1. The quantitative estimate of drug-likeness (QED) is 0.265. The number of ketones is 1. The SMILES string of the molecule is CC1=CCC[C@@]2(C)[C@@H](CC[C@@]2(O)CN2CCC[C@H]2CO)c2ccc(cc2C(=O)Cc2c(F)cccc2Cl)C[C@@H](O)CC1. The smallest absolute Gasteiger partial charge is 0.167 e. The van der Waals surface area contributed by atoms with Crippen LogP contribution < -0.4 is 0 Å². The number of Topliss-reactive ketones (excluding diaryl/α,β-unsaturated/α-hetero) is 1. The van der Waals surface area contributed by atoms with Crippen LogP contribution in [-0.2, 0) is 12.8 Å². The number of hydrogen-bond acceptors (Lipinski definition) is 5. The highest BCUT2D eigenvalue weighted by Crippen LogP contribution is 2.59. The van der Waals surface area contributed by atoms with E-state index in [1.54, 1.807) is 6.07 Å². The summed E-state index contributed by atoms with van der Waals surface area (Å²) in [6.45, 7) is 5.71. The van der Waals surface area contributed by atoms with Gasteiger partial charge in [0.15, 0.2) is 5.78 Å². The van der Waals surface area contributed by atoms with Crippen LogP contribution in [-0.4, -0.2) is 63.4 Å². The Balaban J connectivity index is 1.58. The van der Waals surface area contributed by atoms with Crippen molar-refractivity contribution in [2.24, 2.45) is 5.41 Å². The number of β-amino-alcohol motifs (C(OH)–C–C–N with tert-alkyl or cyclic N) is 1. The second-order valence-electron chi connectivity index (χ2n) is 13.2. The molecule has 5 atom stereocenters. The minimum atomic E-state index is -1.00. The van der Waals surface area contributed by atoms with E-state index < -0.39 is 22.9 Å². The van der Waals surface area contributed by atoms with Crippen LogP contribution in [0, 0.1) is 11.2 Å². The van der Waals surface area contributed by atoms with Crippen LogP contribution in [0.4, 0.5) is 4.39 Å². The maximum Gasteiger partial charge on any atom is 0.167 e. The summed E-state index contributed by atoms with van der Waals surface area (Å²) in [7, 11) is 0. The van der Waals surface area contributed by atoms with Gasteiger partial charge < -0.3 is 15.3 Å². The molecule has 2 bridgehead atoms. The zero-order chi connectivity index (χ0) is 30.1. The molecule has 2 aromatic carbocycles. The van der Waals surface area contributed by atoms with Gasteiger partial charge in [-0.25, -0.2) is 4.39 Å². The first kappa shape index (κ1) is 31.3. The molecule has 7 heteroatoms. The van der Waals surface area contributed by atoms with Crippen molar-refractivity contribution in [1.29, 1.82) is 0 Å². The Morgan fingerprint density at radius 3 is 2.74 bits per heavy atom. The number of likely N-dealkylation sites (tertiary alicyclic amines) is 1. The average Bonchev–Trinajstić information content (AvgIpc) is 3.50. The van der Waals surface area contributed by atoms with Crippen LogP contribution in [0.15, 0.2) is 48.0 Å². The number of rotatable bonds is 6. The number of benzene rings is 2. The molecular formula is C35H45ClFNO4. The van der Waals surface area contributed by atoms with Gasteiger partial charge in [-0.3, -0.25) is 9.69 Å². The first-order chi connectivity index (χ1) is 20.0. The van der Waals surface area contributed by atoms with Crippen molar-refractivity contribution in [1.82, 2.24) is 4.90 Å². The Morgan fingerprint density at radius 1 is 1.17 bits per heavy atom. The zero-order valence-corrected chi connectivity index (χ0v) is 25.7. The first-order valence-electron chi connectivity index (χ1n) is 15.5. The lowest BCUT2D eigenvalue weighted by molar-refractivity contribution is -0.0875. The fraction of sp³-hybridized carbons (Fsp3) is 0.571. The number of allylic oxidation sites excluding steroid dienone is 2. The molecule has 4 aliphatic rings. The summed E-state index contributed by atoms with van der Waals surface area (Å²) >= 11 is 6.32.